The maximum absolute atomic E-state index is 9.54. The van der Waals surface area contributed by atoms with Crippen molar-refractivity contribution in [2.45, 2.75) is 0 Å². The van der Waals surface area contributed by atoms with Crippen LogP contribution in [0.15, 0.2) is 97.1 Å². The minimum atomic E-state index is -5.17. The molecule has 0 atom stereocenters. The lowest BCUT2D eigenvalue weighted by molar-refractivity contribution is 0.352. The predicted octanol–water partition coefficient (Wildman–Crippen LogP) is 6.32. The smallest absolute Gasteiger partial charge is 0.486 e. The standard InChI is InChI=1S/C24H16N4.H2O4S/c25-27-23-16-8-15-22(24(23)28-26)21-14-7-6-13-20(21)19-12-5-4-11-18(19)17-9-2-1-3-10-17;1-5(2,3)4/h1-16H;(H2,1,2,3,4)/q+2;/p-2. The van der Waals surface area contributed by atoms with E-state index in [0.29, 0.717) is 5.56 Å². The van der Waals surface area contributed by atoms with Gasteiger partial charge in [0, 0.05) is 16.5 Å². The molecule has 0 amide bonds. The minimum Gasteiger partial charge on any atom is -0.759 e. The van der Waals surface area contributed by atoms with Gasteiger partial charge in [-0.05, 0) is 33.9 Å². The lowest BCUT2D eigenvalue weighted by Crippen LogP contribution is -1.91. The van der Waals surface area contributed by atoms with Gasteiger partial charge in [0.25, 0.3) is 0 Å². The van der Waals surface area contributed by atoms with Gasteiger partial charge in [0.05, 0.1) is 5.56 Å². The van der Waals surface area contributed by atoms with Gasteiger partial charge in [-0.3, -0.25) is 8.42 Å². The van der Waals surface area contributed by atoms with Gasteiger partial charge in [0.2, 0.25) is 10.8 Å². The van der Waals surface area contributed by atoms with Crippen molar-refractivity contribution in [2.24, 2.45) is 0 Å². The van der Waals surface area contributed by atoms with Crippen LogP contribution in [0.2, 0.25) is 0 Å². The molecule has 9 heteroatoms. The molecule has 0 saturated carbocycles. The summed E-state index contributed by atoms with van der Waals surface area (Å²) >= 11 is 0. The molecule has 162 valence electrons. The monoisotopic (exact) mass is 456 g/mol. The Kier molecular flexibility index (Phi) is 7.24. The molecule has 4 aromatic rings. The number of benzene rings is 4. The van der Waals surface area contributed by atoms with Crippen molar-refractivity contribution in [1.82, 2.24) is 0 Å². The van der Waals surface area contributed by atoms with E-state index in [1.807, 2.05) is 60.7 Å². The van der Waals surface area contributed by atoms with Crippen molar-refractivity contribution >= 4 is 21.8 Å². The summed E-state index contributed by atoms with van der Waals surface area (Å²) in [5.74, 6) is 0. The largest absolute Gasteiger partial charge is 0.759 e. The molecule has 0 unspecified atom stereocenters. The molecule has 0 saturated heterocycles. The molecule has 4 aromatic carbocycles. The highest BCUT2D eigenvalue weighted by Crippen LogP contribution is 2.44. The molecule has 0 aliphatic heterocycles. The molecule has 0 aliphatic carbocycles. The third-order valence-electron chi connectivity index (χ3n) is 4.74. The van der Waals surface area contributed by atoms with Crippen LogP contribution in [0.5, 0.6) is 0 Å². The molecule has 33 heavy (non-hydrogen) atoms. The van der Waals surface area contributed by atoms with Gasteiger partial charge in [-0.25, -0.2) is 0 Å². The number of hydrogen-bond acceptors (Lipinski definition) is 6. The second-order valence-electron chi connectivity index (χ2n) is 6.74. The molecular formula is C24H16N4O4S. The van der Waals surface area contributed by atoms with Gasteiger partial charge in [-0.1, -0.05) is 84.9 Å². The Balaban J connectivity index is 0.000000555. The fraction of sp³-hybridized carbons (Fsp3) is 0. The Morgan fingerprint density at radius 2 is 0.970 bits per heavy atom. The van der Waals surface area contributed by atoms with Crippen molar-refractivity contribution < 1.29 is 17.5 Å². The fourth-order valence-corrected chi connectivity index (χ4v) is 3.47. The summed E-state index contributed by atoms with van der Waals surface area (Å²) in [6.45, 7) is 0. The second kappa shape index (κ2) is 10.3. The quantitative estimate of drug-likeness (QED) is 0.201. The van der Waals surface area contributed by atoms with Crippen LogP contribution >= 0.6 is 0 Å². The minimum absolute atomic E-state index is 0.214. The summed E-state index contributed by atoms with van der Waals surface area (Å²) in [7, 11) is -5.17. The van der Waals surface area contributed by atoms with Crippen molar-refractivity contribution in [3.63, 3.8) is 0 Å². The molecule has 8 nitrogen and oxygen atoms in total. The van der Waals surface area contributed by atoms with Gasteiger partial charge in [0.1, 0.15) is 0 Å². The Bertz CT molecular complexity index is 1470. The van der Waals surface area contributed by atoms with E-state index >= 15 is 0 Å². The average molecular weight is 456 g/mol. The molecular weight excluding hydrogens is 440 g/mol. The molecule has 0 fully saturated rings. The second-order valence-corrected chi connectivity index (χ2v) is 7.56. The molecule has 0 heterocycles. The van der Waals surface area contributed by atoms with Crippen molar-refractivity contribution in [3.05, 3.63) is 107 Å². The summed E-state index contributed by atoms with van der Waals surface area (Å²) in [5.41, 5.74) is 6.34. The highest BCUT2D eigenvalue weighted by molar-refractivity contribution is 7.79. The number of rotatable bonds is 3. The molecule has 0 bridgehead atoms. The van der Waals surface area contributed by atoms with Crippen LogP contribution in [0.3, 0.4) is 0 Å². The SMILES string of the molecule is N#[N+]c1cccc(-c2ccccc2-c2ccccc2-c2ccccc2)c1[N+]#N.O=S(=O)([O-])[O-]. The highest BCUT2D eigenvalue weighted by atomic mass is 32.3. The van der Waals surface area contributed by atoms with Crippen molar-refractivity contribution in [2.75, 3.05) is 0 Å². The zero-order chi connectivity index (χ0) is 23.8. The third-order valence-corrected chi connectivity index (χ3v) is 4.74. The van der Waals surface area contributed by atoms with Gasteiger partial charge in [-0.2, -0.15) is 0 Å². The fourth-order valence-electron chi connectivity index (χ4n) is 3.47. The van der Waals surface area contributed by atoms with Gasteiger partial charge >= 0.3 is 11.4 Å². The van der Waals surface area contributed by atoms with Crippen molar-refractivity contribution in [1.29, 1.82) is 10.8 Å². The first-order valence-electron chi connectivity index (χ1n) is 9.57. The first-order chi connectivity index (χ1) is 15.8. The molecule has 4 rings (SSSR count). The van der Waals surface area contributed by atoms with Gasteiger partial charge in [-0.15, -0.1) is 0 Å². The number of hydrogen-bond donors (Lipinski definition) is 0. The molecule has 0 aliphatic rings. The van der Waals surface area contributed by atoms with Crippen LogP contribution < -0.4 is 0 Å². The summed E-state index contributed by atoms with van der Waals surface area (Å²) < 4.78 is 34.1. The van der Waals surface area contributed by atoms with E-state index in [1.165, 1.54) is 0 Å². The summed E-state index contributed by atoms with van der Waals surface area (Å²) in [5, 5.41) is 18.8. The topological polar surface area (TPSA) is 137 Å². The van der Waals surface area contributed by atoms with E-state index in [2.05, 4.69) is 34.2 Å². The van der Waals surface area contributed by atoms with Gasteiger partial charge in [0.15, 0.2) is 9.95 Å². The van der Waals surface area contributed by atoms with E-state index in [-0.39, 0.29) is 11.4 Å². The summed E-state index contributed by atoms with van der Waals surface area (Å²) in [6.07, 6.45) is 0. The van der Waals surface area contributed by atoms with Crippen molar-refractivity contribution in [3.8, 4) is 33.4 Å². The van der Waals surface area contributed by atoms with Crippen LogP contribution in [-0.2, 0) is 10.4 Å². The lowest BCUT2D eigenvalue weighted by atomic mass is 9.89. The zero-order valence-electron chi connectivity index (χ0n) is 17.1. The lowest BCUT2D eigenvalue weighted by Gasteiger charge is -2.13. The Labute approximate surface area is 190 Å². The summed E-state index contributed by atoms with van der Waals surface area (Å²) in [6, 6.07) is 31.6. The average Bonchev–Trinajstić information content (AvgIpc) is 2.83. The Hall–Kier alpha value is -4.41. The van der Waals surface area contributed by atoms with E-state index in [4.69, 9.17) is 17.5 Å². The number of nitrogens with zero attached hydrogens (tertiary/aromatic N) is 4. The van der Waals surface area contributed by atoms with Gasteiger partial charge < -0.3 is 9.11 Å². The normalized spacial score (nSPS) is 10.3. The first kappa shape index (κ1) is 23.3. The van der Waals surface area contributed by atoms with E-state index in [0.717, 1.165) is 27.8 Å². The van der Waals surface area contributed by atoms with Crippen LogP contribution in [-0.4, -0.2) is 17.5 Å². The summed E-state index contributed by atoms with van der Waals surface area (Å²) in [4.78, 5) is 6.62. The third kappa shape index (κ3) is 5.85. The van der Waals surface area contributed by atoms with Crippen LogP contribution in [0.4, 0.5) is 11.4 Å². The predicted molar refractivity (Wildman–Crippen MR) is 123 cm³/mol. The van der Waals surface area contributed by atoms with E-state index in [1.54, 1.807) is 12.1 Å². The maximum atomic E-state index is 9.54. The van der Waals surface area contributed by atoms with Crippen LogP contribution in [0.25, 0.3) is 43.3 Å². The molecule has 0 aromatic heterocycles. The Morgan fingerprint density at radius 3 is 1.48 bits per heavy atom. The number of diazo groups is 2. The highest BCUT2D eigenvalue weighted by Gasteiger charge is 2.31. The van der Waals surface area contributed by atoms with Crippen LogP contribution in [0.1, 0.15) is 0 Å². The Morgan fingerprint density at radius 1 is 0.545 bits per heavy atom. The molecule has 0 spiro atoms. The molecule has 0 radical (unpaired) electrons. The molecule has 0 N–H and O–H groups in total. The first-order valence-corrected chi connectivity index (χ1v) is 10.9. The van der Waals surface area contributed by atoms with Crippen LogP contribution in [0, 0.1) is 10.8 Å². The maximum Gasteiger partial charge on any atom is 0.486 e. The van der Waals surface area contributed by atoms with E-state index < -0.39 is 10.4 Å². The zero-order valence-corrected chi connectivity index (χ0v) is 17.9. The van der Waals surface area contributed by atoms with E-state index in [9.17, 15) is 10.8 Å².